The lowest BCUT2D eigenvalue weighted by Crippen LogP contribution is -2.63. The first-order valence-corrected chi connectivity index (χ1v) is 15.0. The van der Waals surface area contributed by atoms with Crippen LogP contribution in [0.2, 0.25) is 0 Å². The van der Waals surface area contributed by atoms with E-state index in [0.29, 0.717) is 6.42 Å². The third-order valence-corrected chi connectivity index (χ3v) is 9.17. The van der Waals surface area contributed by atoms with Crippen molar-refractivity contribution in [2.45, 2.75) is 151 Å². The molecule has 0 aromatic heterocycles. The lowest BCUT2D eigenvalue weighted by Gasteiger charge is -2.47. The Kier molecular flexibility index (Phi) is 11.8. The van der Waals surface area contributed by atoms with Gasteiger partial charge in [0.1, 0.15) is 42.7 Å². The average Bonchev–Trinajstić information content (AvgIpc) is 2.95. The third-order valence-electron chi connectivity index (χ3n) is 9.17. The van der Waals surface area contributed by atoms with Gasteiger partial charge in [0.2, 0.25) is 0 Å². The predicted molar refractivity (Wildman–Crippen MR) is 140 cm³/mol. The van der Waals surface area contributed by atoms with Gasteiger partial charge in [-0.05, 0) is 38.0 Å². The molecule has 0 aromatic rings. The van der Waals surface area contributed by atoms with E-state index in [0.717, 1.165) is 44.9 Å². The number of ether oxygens (including phenoxy) is 5. The van der Waals surface area contributed by atoms with Gasteiger partial charge in [-0.3, -0.25) is 0 Å². The van der Waals surface area contributed by atoms with Crippen LogP contribution in [0.4, 0.5) is 0 Å². The number of rotatable bonds is 10. The van der Waals surface area contributed by atoms with Gasteiger partial charge < -0.3 is 59.4 Å². The van der Waals surface area contributed by atoms with Crippen LogP contribution < -0.4 is 0 Å². The molecule has 0 amide bonds. The van der Waals surface area contributed by atoms with Crippen LogP contribution in [0.1, 0.15) is 71.6 Å². The van der Waals surface area contributed by atoms with E-state index in [9.17, 15) is 40.5 Å². The van der Waals surface area contributed by atoms with Crippen molar-refractivity contribution in [3.8, 4) is 0 Å². The Hall–Kier alpha value is -0.970. The molecule has 13 nitrogen and oxygen atoms in total. The second kappa shape index (κ2) is 14.7. The third kappa shape index (κ3) is 7.76. The first-order chi connectivity index (χ1) is 19.5. The molecule has 4 fully saturated rings. The molecule has 2 saturated heterocycles. The molecule has 13 heteroatoms. The number of carboxylic acids is 1. The molecule has 0 bridgehead atoms. The number of carbonyl (C=O) groups is 1. The Morgan fingerprint density at radius 1 is 0.780 bits per heavy atom. The van der Waals surface area contributed by atoms with Crippen LogP contribution in [0.5, 0.6) is 0 Å². The van der Waals surface area contributed by atoms with Crippen LogP contribution in [-0.4, -0.2) is 128 Å². The van der Waals surface area contributed by atoms with Crippen molar-refractivity contribution in [3.05, 3.63) is 0 Å². The molecule has 238 valence electrons. The molecular weight excluding hydrogens is 544 g/mol. The Balaban J connectivity index is 1.46. The van der Waals surface area contributed by atoms with Crippen molar-refractivity contribution >= 4 is 5.97 Å². The van der Waals surface area contributed by atoms with Gasteiger partial charge in [0.25, 0.3) is 0 Å². The van der Waals surface area contributed by atoms with E-state index < -0.39 is 92.3 Å². The smallest absolute Gasteiger partial charge is 0.332 e. The second-order valence-electron chi connectivity index (χ2n) is 12.2. The molecule has 2 aliphatic carbocycles. The summed E-state index contributed by atoms with van der Waals surface area (Å²) in [4.78, 5) is 12.1. The van der Waals surface area contributed by atoms with Crippen molar-refractivity contribution in [1.29, 1.82) is 0 Å². The summed E-state index contributed by atoms with van der Waals surface area (Å²) in [6, 6.07) is 0. The molecule has 2 heterocycles. The molecule has 2 aliphatic heterocycles. The first kappa shape index (κ1) is 32.9. The maximum absolute atomic E-state index is 12.1. The lowest BCUT2D eigenvalue weighted by atomic mass is 9.85. The SMILES string of the molecule is C[C@@H]1OC(O[C@H]2C(O[C@@H]3O[C@H](CO)[C@H](O)[C@H](O[C@@H](CC4CCCCC4)C(=O)O)[C@H]3O)CCC[C@@H]2C)[C@@H](O)[C@H](O)[C@@H]1O. The van der Waals surface area contributed by atoms with Crippen LogP contribution in [0.3, 0.4) is 0 Å². The topological polar surface area (TPSA) is 205 Å². The normalized spacial score (nSPS) is 45.3. The van der Waals surface area contributed by atoms with Crippen LogP contribution in [0.25, 0.3) is 0 Å². The van der Waals surface area contributed by atoms with Gasteiger partial charge in [0.05, 0.1) is 24.9 Å². The van der Waals surface area contributed by atoms with E-state index in [1.807, 2.05) is 6.92 Å². The Morgan fingerprint density at radius 2 is 1.46 bits per heavy atom. The summed E-state index contributed by atoms with van der Waals surface area (Å²) in [6.07, 6.45) is -8.71. The Morgan fingerprint density at radius 3 is 2.12 bits per heavy atom. The fraction of sp³-hybridized carbons (Fsp3) is 0.964. The largest absolute Gasteiger partial charge is 0.479 e. The number of hydrogen-bond donors (Lipinski definition) is 7. The zero-order valence-corrected chi connectivity index (χ0v) is 23.8. The van der Waals surface area contributed by atoms with E-state index in [4.69, 9.17) is 23.7 Å². The highest BCUT2D eigenvalue weighted by Gasteiger charge is 2.50. The molecular formula is C28H48O13. The second-order valence-corrected chi connectivity index (χ2v) is 12.2. The van der Waals surface area contributed by atoms with Crippen molar-refractivity contribution in [2.24, 2.45) is 11.8 Å². The molecule has 0 spiro atoms. The maximum Gasteiger partial charge on any atom is 0.332 e. The van der Waals surface area contributed by atoms with Gasteiger partial charge in [-0.25, -0.2) is 4.79 Å². The van der Waals surface area contributed by atoms with Gasteiger partial charge in [0, 0.05) is 0 Å². The molecule has 14 atom stereocenters. The van der Waals surface area contributed by atoms with E-state index in [-0.39, 0.29) is 18.3 Å². The summed E-state index contributed by atoms with van der Waals surface area (Å²) >= 11 is 0. The summed E-state index contributed by atoms with van der Waals surface area (Å²) in [5.41, 5.74) is 0. The van der Waals surface area contributed by atoms with Gasteiger partial charge in [-0.2, -0.15) is 0 Å². The summed E-state index contributed by atoms with van der Waals surface area (Å²) in [6.45, 7) is 2.87. The fourth-order valence-corrected chi connectivity index (χ4v) is 6.61. The molecule has 4 aliphatic rings. The molecule has 2 unspecified atom stereocenters. The zero-order valence-electron chi connectivity index (χ0n) is 23.8. The maximum atomic E-state index is 12.1. The number of hydrogen-bond acceptors (Lipinski definition) is 12. The van der Waals surface area contributed by atoms with E-state index in [1.54, 1.807) is 6.92 Å². The number of aliphatic hydroxyl groups is 6. The number of aliphatic carboxylic acids is 1. The van der Waals surface area contributed by atoms with Crippen molar-refractivity contribution in [1.82, 2.24) is 0 Å². The molecule has 4 rings (SSSR count). The molecule has 0 radical (unpaired) electrons. The number of carboxylic acid groups (broad SMARTS) is 1. The van der Waals surface area contributed by atoms with E-state index in [2.05, 4.69) is 0 Å². The summed E-state index contributed by atoms with van der Waals surface area (Å²) in [5, 5.41) is 72.6. The van der Waals surface area contributed by atoms with E-state index >= 15 is 0 Å². The number of aliphatic hydroxyl groups excluding tert-OH is 6. The minimum atomic E-state index is -1.58. The summed E-state index contributed by atoms with van der Waals surface area (Å²) < 4.78 is 29.5. The predicted octanol–water partition coefficient (Wildman–Crippen LogP) is -0.348. The minimum Gasteiger partial charge on any atom is -0.479 e. The Bertz CT molecular complexity index is 825. The highest BCUT2D eigenvalue weighted by atomic mass is 16.7. The van der Waals surface area contributed by atoms with Crippen molar-refractivity contribution in [3.63, 3.8) is 0 Å². The standard InChI is InChI=1S/C28H48O13/c1-13-7-6-10-16(24(13)41-27-22(33)21(32)19(30)14(2)37-27)39-28-23(34)25(20(31)18(12-29)40-28)38-17(26(35)36)11-15-8-4-3-5-9-15/h13-25,27-34H,3-12H2,1-2H3,(H,35,36)/t13-,14-,16?,17-,18+,19+,20-,21+,22-,23+,24+,25-,27?,28+/m0/s1. The van der Waals surface area contributed by atoms with Crippen LogP contribution in [0, 0.1) is 11.8 Å². The monoisotopic (exact) mass is 592 g/mol. The summed E-state index contributed by atoms with van der Waals surface area (Å²) in [7, 11) is 0. The quantitative estimate of drug-likeness (QED) is 0.174. The lowest BCUT2D eigenvalue weighted by molar-refractivity contribution is -0.348. The van der Waals surface area contributed by atoms with Crippen LogP contribution >= 0.6 is 0 Å². The first-order valence-electron chi connectivity index (χ1n) is 15.0. The zero-order chi connectivity index (χ0) is 29.8. The van der Waals surface area contributed by atoms with Gasteiger partial charge >= 0.3 is 5.97 Å². The average molecular weight is 593 g/mol. The molecule has 41 heavy (non-hydrogen) atoms. The van der Waals surface area contributed by atoms with Crippen molar-refractivity contribution in [2.75, 3.05) is 6.61 Å². The minimum absolute atomic E-state index is 0.0808. The highest BCUT2D eigenvalue weighted by Crippen LogP contribution is 2.36. The molecule has 0 aromatic carbocycles. The van der Waals surface area contributed by atoms with Gasteiger partial charge in [0.15, 0.2) is 18.7 Å². The van der Waals surface area contributed by atoms with Crippen LogP contribution in [0.15, 0.2) is 0 Å². The van der Waals surface area contributed by atoms with Gasteiger partial charge in [-0.15, -0.1) is 0 Å². The molecule has 7 N–H and O–H groups in total. The summed E-state index contributed by atoms with van der Waals surface area (Å²) in [5.74, 6) is -1.11. The fourth-order valence-electron chi connectivity index (χ4n) is 6.61. The van der Waals surface area contributed by atoms with E-state index in [1.165, 1.54) is 0 Å². The van der Waals surface area contributed by atoms with Gasteiger partial charge in [-0.1, -0.05) is 45.4 Å². The van der Waals surface area contributed by atoms with Crippen LogP contribution in [-0.2, 0) is 28.5 Å². The molecule has 2 saturated carbocycles. The Labute approximate surface area is 240 Å². The highest BCUT2D eigenvalue weighted by molar-refractivity contribution is 5.72. The van der Waals surface area contributed by atoms with Crippen molar-refractivity contribution < 1.29 is 64.2 Å².